The molecule has 5 heteroatoms. The van der Waals surface area contributed by atoms with Crippen LogP contribution in [-0.4, -0.2) is 44.2 Å². The number of urea groups is 1. The minimum Gasteiger partial charge on any atom is -0.497 e. The maximum Gasteiger partial charge on any atom is 0.321 e. The number of nitrogens with zero attached hydrogens (tertiary/aromatic N) is 2. The van der Waals surface area contributed by atoms with Crippen molar-refractivity contribution in [2.45, 2.75) is 13.8 Å². The fourth-order valence-corrected chi connectivity index (χ4v) is 3.21. The zero-order valence-corrected chi connectivity index (χ0v) is 15.1. The monoisotopic (exact) mass is 339 g/mol. The lowest BCUT2D eigenvalue weighted by molar-refractivity contribution is 0.208. The van der Waals surface area contributed by atoms with E-state index in [0.29, 0.717) is 13.1 Å². The maximum absolute atomic E-state index is 12.5. The predicted molar refractivity (Wildman–Crippen MR) is 102 cm³/mol. The first-order valence-corrected chi connectivity index (χ1v) is 8.59. The Kier molecular flexibility index (Phi) is 5.12. The molecule has 0 spiro atoms. The van der Waals surface area contributed by atoms with E-state index >= 15 is 0 Å². The molecule has 132 valence electrons. The summed E-state index contributed by atoms with van der Waals surface area (Å²) >= 11 is 0. The van der Waals surface area contributed by atoms with Crippen molar-refractivity contribution >= 4 is 17.4 Å². The third-order valence-electron chi connectivity index (χ3n) is 4.58. The van der Waals surface area contributed by atoms with Gasteiger partial charge in [0.1, 0.15) is 5.75 Å². The summed E-state index contributed by atoms with van der Waals surface area (Å²) in [5.41, 5.74) is 4.58. The van der Waals surface area contributed by atoms with Crippen LogP contribution in [0.1, 0.15) is 11.1 Å². The number of anilines is 2. The van der Waals surface area contributed by atoms with Gasteiger partial charge >= 0.3 is 6.03 Å². The van der Waals surface area contributed by atoms with Gasteiger partial charge in [-0.15, -0.1) is 0 Å². The van der Waals surface area contributed by atoms with Crippen LogP contribution in [0.25, 0.3) is 0 Å². The Morgan fingerprint density at radius 1 is 1.04 bits per heavy atom. The van der Waals surface area contributed by atoms with E-state index < -0.39 is 0 Å². The Hall–Kier alpha value is -2.69. The molecule has 0 aliphatic carbocycles. The Morgan fingerprint density at radius 3 is 2.48 bits per heavy atom. The summed E-state index contributed by atoms with van der Waals surface area (Å²) in [6.07, 6.45) is 0. The molecule has 0 atom stereocenters. The van der Waals surface area contributed by atoms with Gasteiger partial charge in [0.25, 0.3) is 0 Å². The minimum atomic E-state index is -0.0615. The Labute approximate surface area is 149 Å². The molecule has 3 rings (SSSR count). The van der Waals surface area contributed by atoms with Crippen molar-refractivity contribution in [2.75, 3.05) is 43.5 Å². The lowest BCUT2D eigenvalue weighted by atomic mass is 10.1. The van der Waals surface area contributed by atoms with Crippen LogP contribution < -0.4 is 15.0 Å². The number of carbonyl (C=O) groups excluding carboxylic acids is 1. The molecule has 1 N–H and O–H groups in total. The lowest BCUT2D eigenvalue weighted by Gasteiger charge is -2.36. The summed E-state index contributed by atoms with van der Waals surface area (Å²) in [7, 11) is 1.62. The summed E-state index contributed by atoms with van der Waals surface area (Å²) in [6, 6.07) is 13.9. The van der Waals surface area contributed by atoms with Gasteiger partial charge in [-0.3, -0.25) is 0 Å². The third-order valence-corrected chi connectivity index (χ3v) is 4.58. The van der Waals surface area contributed by atoms with Crippen LogP contribution in [0, 0.1) is 13.8 Å². The van der Waals surface area contributed by atoms with Gasteiger partial charge in [-0.05, 0) is 37.6 Å². The highest BCUT2D eigenvalue weighted by atomic mass is 16.5. The van der Waals surface area contributed by atoms with E-state index in [1.165, 1.54) is 16.8 Å². The number of piperazine rings is 1. The van der Waals surface area contributed by atoms with Crippen molar-refractivity contribution < 1.29 is 9.53 Å². The quantitative estimate of drug-likeness (QED) is 0.928. The number of methoxy groups -OCH3 is 1. The smallest absolute Gasteiger partial charge is 0.321 e. The number of carbonyl (C=O) groups is 1. The van der Waals surface area contributed by atoms with Gasteiger partial charge in [-0.1, -0.05) is 23.8 Å². The first kappa shape index (κ1) is 17.1. The van der Waals surface area contributed by atoms with Gasteiger partial charge in [0, 0.05) is 43.6 Å². The van der Waals surface area contributed by atoms with Crippen LogP contribution in [0.2, 0.25) is 0 Å². The standard InChI is InChI=1S/C20H25N3O2/c1-15-7-8-19(16(2)13-15)22-9-11-23(12-10-22)20(24)21-17-5-4-6-18(14-17)25-3/h4-8,13-14H,9-12H2,1-3H3,(H,21,24). The third kappa shape index (κ3) is 4.05. The van der Waals surface area contributed by atoms with Crippen LogP contribution in [-0.2, 0) is 0 Å². The van der Waals surface area contributed by atoms with E-state index in [2.05, 4.69) is 42.3 Å². The number of aryl methyl sites for hydroxylation is 2. The molecule has 0 aromatic heterocycles. The summed E-state index contributed by atoms with van der Waals surface area (Å²) in [5, 5.41) is 2.95. The normalized spacial score (nSPS) is 14.4. The van der Waals surface area contributed by atoms with Crippen molar-refractivity contribution in [1.29, 1.82) is 0 Å². The van der Waals surface area contributed by atoms with Gasteiger partial charge < -0.3 is 19.9 Å². The largest absolute Gasteiger partial charge is 0.497 e. The highest BCUT2D eigenvalue weighted by Crippen LogP contribution is 2.23. The van der Waals surface area contributed by atoms with Crippen molar-refractivity contribution in [3.05, 3.63) is 53.6 Å². The Balaban J connectivity index is 1.58. The molecule has 0 saturated carbocycles. The molecule has 0 unspecified atom stereocenters. The van der Waals surface area contributed by atoms with E-state index in [1.54, 1.807) is 7.11 Å². The zero-order valence-electron chi connectivity index (χ0n) is 15.1. The SMILES string of the molecule is COc1cccc(NC(=O)N2CCN(c3ccc(C)cc3C)CC2)c1. The van der Waals surface area contributed by atoms with E-state index in [9.17, 15) is 4.79 Å². The summed E-state index contributed by atoms with van der Waals surface area (Å²) in [5.74, 6) is 0.734. The topological polar surface area (TPSA) is 44.8 Å². The summed E-state index contributed by atoms with van der Waals surface area (Å²) < 4.78 is 5.19. The number of benzene rings is 2. The second kappa shape index (κ2) is 7.47. The first-order chi connectivity index (χ1) is 12.1. The van der Waals surface area contributed by atoms with Gasteiger partial charge in [0.2, 0.25) is 0 Å². The molecular weight excluding hydrogens is 314 g/mol. The number of nitrogens with one attached hydrogen (secondary N) is 1. The molecule has 1 fully saturated rings. The second-order valence-electron chi connectivity index (χ2n) is 6.43. The molecule has 2 amide bonds. The second-order valence-corrected chi connectivity index (χ2v) is 6.43. The van der Waals surface area contributed by atoms with E-state index in [1.807, 2.05) is 29.2 Å². The first-order valence-electron chi connectivity index (χ1n) is 8.59. The molecule has 25 heavy (non-hydrogen) atoms. The zero-order chi connectivity index (χ0) is 17.8. The van der Waals surface area contributed by atoms with Crippen molar-refractivity contribution in [3.8, 4) is 5.75 Å². The Bertz CT molecular complexity index is 752. The summed E-state index contributed by atoms with van der Waals surface area (Å²) in [4.78, 5) is 16.7. The average molecular weight is 339 g/mol. The molecule has 1 aliphatic heterocycles. The van der Waals surface area contributed by atoms with Gasteiger partial charge in [0.15, 0.2) is 0 Å². The number of ether oxygens (including phenoxy) is 1. The van der Waals surface area contributed by atoms with E-state index in [4.69, 9.17) is 4.74 Å². The number of hydrogen-bond donors (Lipinski definition) is 1. The molecule has 1 saturated heterocycles. The highest BCUT2D eigenvalue weighted by molar-refractivity contribution is 5.89. The molecule has 0 radical (unpaired) electrons. The summed E-state index contributed by atoms with van der Waals surface area (Å²) in [6.45, 7) is 7.36. The van der Waals surface area contributed by atoms with Crippen LogP contribution in [0.4, 0.5) is 16.2 Å². The number of rotatable bonds is 3. The average Bonchev–Trinajstić information content (AvgIpc) is 2.62. The number of amides is 2. The van der Waals surface area contributed by atoms with Crippen LogP contribution in [0.15, 0.2) is 42.5 Å². The van der Waals surface area contributed by atoms with Crippen molar-refractivity contribution in [2.24, 2.45) is 0 Å². The molecule has 0 bridgehead atoms. The van der Waals surface area contributed by atoms with E-state index in [0.717, 1.165) is 24.5 Å². The van der Waals surface area contributed by atoms with E-state index in [-0.39, 0.29) is 6.03 Å². The van der Waals surface area contributed by atoms with Gasteiger partial charge in [-0.2, -0.15) is 0 Å². The molecule has 5 nitrogen and oxygen atoms in total. The van der Waals surface area contributed by atoms with Gasteiger partial charge in [0.05, 0.1) is 7.11 Å². The van der Waals surface area contributed by atoms with Crippen molar-refractivity contribution in [1.82, 2.24) is 4.90 Å². The molecule has 2 aromatic rings. The fourth-order valence-electron chi connectivity index (χ4n) is 3.21. The number of hydrogen-bond acceptors (Lipinski definition) is 3. The van der Waals surface area contributed by atoms with Crippen LogP contribution in [0.5, 0.6) is 5.75 Å². The Morgan fingerprint density at radius 2 is 1.80 bits per heavy atom. The molecule has 1 aliphatic rings. The van der Waals surface area contributed by atoms with Gasteiger partial charge in [-0.25, -0.2) is 4.79 Å². The predicted octanol–water partition coefficient (Wildman–Crippen LogP) is 3.67. The lowest BCUT2D eigenvalue weighted by Crippen LogP contribution is -2.50. The highest BCUT2D eigenvalue weighted by Gasteiger charge is 2.22. The molecule has 1 heterocycles. The fraction of sp³-hybridized carbons (Fsp3) is 0.350. The molecular formula is C20H25N3O2. The van der Waals surface area contributed by atoms with Crippen LogP contribution >= 0.6 is 0 Å². The van der Waals surface area contributed by atoms with Crippen molar-refractivity contribution in [3.63, 3.8) is 0 Å². The minimum absolute atomic E-state index is 0.0615. The maximum atomic E-state index is 12.5. The molecule has 2 aromatic carbocycles. The van der Waals surface area contributed by atoms with Crippen LogP contribution in [0.3, 0.4) is 0 Å².